The molecule has 0 aromatic heterocycles. The molecule has 0 saturated carbocycles. The standard InChI is InChI=1S/C8H19N3O4S/c1-10(2)4-5-11(3)16(14,15)6-7(9)8(12)13/h7H,4-6,9H2,1-3H3,(H,12,13)/t7-/m0/s1. The third-order valence-corrected chi connectivity index (χ3v) is 3.96. The summed E-state index contributed by atoms with van der Waals surface area (Å²) in [5, 5.41) is 8.53. The van der Waals surface area contributed by atoms with Crippen molar-refractivity contribution in [2.75, 3.05) is 40.0 Å². The van der Waals surface area contributed by atoms with Crippen LogP contribution in [0, 0.1) is 0 Å². The molecule has 7 nitrogen and oxygen atoms in total. The van der Waals surface area contributed by atoms with Gasteiger partial charge in [0.05, 0.1) is 5.75 Å². The molecule has 3 N–H and O–H groups in total. The highest BCUT2D eigenvalue weighted by Gasteiger charge is 2.25. The van der Waals surface area contributed by atoms with E-state index in [4.69, 9.17) is 10.8 Å². The minimum absolute atomic E-state index is 0.307. The molecule has 0 aromatic carbocycles. The second-order valence-corrected chi connectivity index (χ2v) is 5.97. The van der Waals surface area contributed by atoms with Crippen LogP contribution in [0.2, 0.25) is 0 Å². The number of carbonyl (C=O) groups is 1. The number of hydrogen-bond acceptors (Lipinski definition) is 5. The predicted molar refractivity (Wildman–Crippen MR) is 60.6 cm³/mol. The summed E-state index contributed by atoms with van der Waals surface area (Å²) in [6.45, 7) is 0.875. The van der Waals surface area contributed by atoms with Crippen molar-refractivity contribution in [3.63, 3.8) is 0 Å². The Morgan fingerprint density at radius 2 is 1.81 bits per heavy atom. The topological polar surface area (TPSA) is 104 Å². The molecule has 0 fully saturated rings. The van der Waals surface area contributed by atoms with Gasteiger partial charge >= 0.3 is 5.97 Å². The molecule has 0 aliphatic rings. The maximum atomic E-state index is 11.6. The first kappa shape index (κ1) is 15.3. The van der Waals surface area contributed by atoms with Crippen molar-refractivity contribution in [1.29, 1.82) is 0 Å². The van der Waals surface area contributed by atoms with E-state index in [0.717, 1.165) is 4.31 Å². The van der Waals surface area contributed by atoms with Crippen LogP contribution in [0.15, 0.2) is 0 Å². The van der Waals surface area contributed by atoms with Gasteiger partial charge in [0.25, 0.3) is 0 Å². The highest BCUT2D eigenvalue weighted by Crippen LogP contribution is 2.00. The molecular formula is C8H19N3O4S. The van der Waals surface area contributed by atoms with E-state index in [0.29, 0.717) is 13.1 Å². The molecule has 0 amide bonds. The van der Waals surface area contributed by atoms with Crippen LogP contribution in [0.1, 0.15) is 0 Å². The molecular weight excluding hydrogens is 234 g/mol. The molecule has 0 aliphatic heterocycles. The van der Waals surface area contributed by atoms with E-state index in [1.165, 1.54) is 7.05 Å². The summed E-state index contributed by atoms with van der Waals surface area (Å²) < 4.78 is 24.4. The monoisotopic (exact) mass is 253 g/mol. The second-order valence-electron chi connectivity index (χ2n) is 3.85. The number of nitrogens with two attached hydrogens (primary N) is 1. The molecule has 0 aromatic rings. The molecule has 0 rings (SSSR count). The molecule has 0 heterocycles. The molecule has 0 radical (unpaired) electrons. The molecule has 0 bridgehead atoms. The lowest BCUT2D eigenvalue weighted by atomic mass is 10.4. The van der Waals surface area contributed by atoms with Crippen LogP contribution in [-0.4, -0.2) is 74.7 Å². The number of aliphatic carboxylic acids is 1. The van der Waals surface area contributed by atoms with Crippen molar-refractivity contribution >= 4 is 16.0 Å². The molecule has 0 saturated heterocycles. The number of likely N-dealkylation sites (N-methyl/N-ethyl adjacent to an activating group) is 2. The zero-order chi connectivity index (χ0) is 12.9. The summed E-state index contributed by atoms with van der Waals surface area (Å²) in [4.78, 5) is 12.3. The Hall–Kier alpha value is -0.700. The van der Waals surface area contributed by atoms with E-state index in [-0.39, 0.29) is 0 Å². The van der Waals surface area contributed by atoms with Gasteiger partial charge in [-0.1, -0.05) is 0 Å². The molecule has 0 aliphatic carbocycles. The van der Waals surface area contributed by atoms with Crippen LogP contribution in [-0.2, 0) is 14.8 Å². The van der Waals surface area contributed by atoms with Crippen molar-refractivity contribution in [1.82, 2.24) is 9.21 Å². The normalized spacial score (nSPS) is 14.4. The fourth-order valence-corrected chi connectivity index (χ4v) is 2.12. The zero-order valence-electron chi connectivity index (χ0n) is 9.75. The highest BCUT2D eigenvalue weighted by atomic mass is 32.2. The van der Waals surface area contributed by atoms with Crippen LogP contribution in [0.4, 0.5) is 0 Å². The van der Waals surface area contributed by atoms with Gasteiger partial charge in [-0.25, -0.2) is 12.7 Å². The maximum Gasteiger partial charge on any atom is 0.321 e. The third-order valence-electron chi connectivity index (χ3n) is 2.04. The lowest BCUT2D eigenvalue weighted by Gasteiger charge is -2.20. The SMILES string of the molecule is CN(C)CCN(C)S(=O)(=O)C[C@H](N)C(=O)O. The van der Waals surface area contributed by atoms with E-state index in [1.807, 2.05) is 19.0 Å². The smallest absolute Gasteiger partial charge is 0.321 e. The number of rotatable bonds is 7. The minimum atomic E-state index is -3.60. The first-order valence-electron chi connectivity index (χ1n) is 4.74. The Balaban J connectivity index is 4.37. The third kappa shape index (κ3) is 5.40. The first-order valence-corrected chi connectivity index (χ1v) is 6.35. The Bertz CT molecular complexity index is 328. The largest absolute Gasteiger partial charge is 0.480 e. The first-order chi connectivity index (χ1) is 7.16. The van der Waals surface area contributed by atoms with Gasteiger partial charge < -0.3 is 15.7 Å². The van der Waals surface area contributed by atoms with Crippen LogP contribution in [0.25, 0.3) is 0 Å². The number of carboxylic acids is 1. The predicted octanol–water partition coefficient (Wildman–Crippen LogP) is -1.78. The van der Waals surface area contributed by atoms with Gasteiger partial charge in [-0.05, 0) is 14.1 Å². The number of carboxylic acid groups (broad SMARTS) is 1. The second kappa shape index (κ2) is 6.14. The highest BCUT2D eigenvalue weighted by molar-refractivity contribution is 7.89. The minimum Gasteiger partial charge on any atom is -0.480 e. The summed E-state index contributed by atoms with van der Waals surface area (Å²) in [6, 6.07) is -1.38. The Morgan fingerprint density at radius 3 is 2.19 bits per heavy atom. The fourth-order valence-electron chi connectivity index (χ4n) is 0.905. The lowest BCUT2D eigenvalue weighted by Crippen LogP contribution is -2.43. The van der Waals surface area contributed by atoms with Gasteiger partial charge in [-0.2, -0.15) is 0 Å². The summed E-state index contributed by atoms with van der Waals surface area (Å²) >= 11 is 0. The van der Waals surface area contributed by atoms with E-state index in [9.17, 15) is 13.2 Å². The Morgan fingerprint density at radius 1 is 1.31 bits per heavy atom. The van der Waals surface area contributed by atoms with Crippen molar-refractivity contribution < 1.29 is 18.3 Å². The number of nitrogens with zero attached hydrogens (tertiary/aromatic N) is 2. The number of sulfonamides is 1. The zero-order valence-corrected chi connectivity index (χ0v) is 10.6. The van der Waals surface area contributed by atoms with Gasteiger partial charge in [-0.15, -0.1) is 0 Å². The molecule has 8 heteroatoms. The molecule has 0 unspecified atom stereocenters. The van der Waals surface area contributed by atoms with Crippen molar-refractivity contribution in [2.45, 2.75) is 6.04 Å². The van der Waals surface area contributed by atoms with Crippen molar-refractivity contribution in [2.24, 2.45) is 5.73 Å². The van der Waals surface area contributed by atoms with Crippen LogP contribution >= 0.6 is 0 Å². The fraction of sp³-hybridized carbons (Fsp3) is 0.875. The van der Waals surface area contributed by atoms with Crippen molar-refractivity contribution in [3.8, 4) is 0 Å². The Labute approximate surface area is 95.9 Å². The summed E-state index contributed by atoms with van der Waals surface area (Å²) in [7, 11) is 1.46. The van der Waals surface area contributed by atoms with Crippen LogP contribution < -0.4 is 5.73 Å². The summed E-state index contributed by atoms with van der Waals surface area (Å²) in [6.07, 6.45) is 0. The Kier molecular flexibility index (Phi) is 5.87. The average molecular weight is 253 g/mol. The summed E-state index contributed by atoms with van der Waals surface area (Å²) in [5.41, 5.74) is 5.18. The molecule has 16 heavy (non-hydrogen) atoms. The van der Waals surface area contributed by atoms with E-state index >= 15 is 0 Å². The quantitative estimate of drug-likeness (QED) is 0.556. The van der Waals surface area contributed by atoms with E-state index in [2.05, 4.69) is 0 Å². The molecule has 96 valence electrons. The number of hydrogen-bond donors (Lipinski definition) is 2. The molecule has 0 spiro atoms. The van der Waals surface area contributed by atoms with Crippen molar-refractivity contribution in [3.05, 3.63) is 0 Å². The van der Waals surface area contributed by atoms with Crippen LogP contribution in [0.3, 0.4) is 0 Å². The maximum absolute atomic E-state index is 11.6. The van der Waals surface area contributed by atoms with E-state index < -0.39 is 27.8 Å². The van der Waals surface area contributed by atoms with Gasteiger partial charge in [0.15, 0.2) is 0 Å². The van der Waals surface area contributed by atoms with Gasteiger partial charge in [0, 0.05) is 20.1 Å². The average Bonchev–Trinajstić information content (AvgIpc) is 2.12. The summed E-state index contributed by atoms with van der Waals surface area (Å²) in [5.74, 6) is -1.89. The van der Waals surface area contributed by atoms with E-state index in [1.54, 1.807) is 0 Å². The van der Waals surface area contributed by atoms with Gasteiger partial charge in [0.2, 0.25) is 10.0 Å². The lowest BCUT2D eigenvalue weighted by molar-refractivity contribution is -0.137. The van der Waals surface area contributed by atoms with Gasteiger partial charge in [-0.3, -0.25) is 4.79 Å². The molecule has 1 atom stereocenters. The van der Waals surface area contributed by atoms with Gasteiger partial charge in [0.1, 0.15) is 6.04 Å². The van der Waals surface area contributed by atoms with Crippen LogP contribution in [0.5, 0.6) is 0 Å².